The average molecular weight is 594 g/mol. The van der Waals surface area contributed by atoms with Crippen LogP contribution in [0, 0.1) is 6.92 Å². The minimum absolute atomic E-state index is 0.00703. The molecule has 0 aliphatic heterocycles. The van der Waals surface area contributed by atoms with Crippen molar-refractivity contribution >= 4 is 39.5 Å². The van der Waals surface area contributed by atoms with Gasteiger partial charge < -0.3 is 10.2 Å². The normalized spacial score (nSPS) is 14.6. The van der Waals surface area contributed by atoms with E-state index in [-0.39, 0.29) is 17.9 Å². The van der Waals surface area contributed by atoms with E-state index in [4.69, 9.17) is 0 Å². The molecule has 0 radical (unpaired) electrons. The largest absolute Gasteiger partial charge is 0.352 e. The molecule has 38 heavy (non-hydrogen) atoms. The molecule has 3 aromatic carbocycles. The van der Waals surface area contributed by atoms with E-state index in [0.717, 1.165) is 47.0 Å². The fourth-order valence-corrected chi connectivity index (χ4v) is 6.04. The van der Waals surface area contributed by atoms with E-state index in [0.29, 0.717) is 18.7 Å². The summed E-state index contributed by atoms with van der Waals surface area (Å²) < 4.78 is 1.04. The van der Waals surface area contributed by atoms with Gasteiger partial charge in [0.25, 0.3) is 0 Å². The summed E-state index contributed by atoms with van der Waals surface area (Å²) in [7, 11) is 0. The van der Waals surface area contributed by atoms with Crippen LogP contribution in [0.15, 0.2) is 83.3 Å². The van der Waals surface area contributed by atoms with Crippen LogP contribution in [0.2, 0.25) is 0 Å². The fourth-order valence-electron chi connectivity index (χ4n) is 4.91. The van der Waals surface area contributed by atoms with Gasteiger partial charge in [-0.25, -0.2) is 0 Å². The van der Waals surface area contributed by atoms with Gasteiger partial charge in [0.15, 0.2) is 0 Å². The summed E-state index contributed by atoms with van der Waals surface area (Å²) in [5, 5.41) is 3.31. The Hall–Kier alpha value is -2.57. The third kappa shape index (κ3) is 8.74. The molecule has 2 amide bonds. The summed E-state index contributed by atoms with van der Waals surface area (Å²) in [5.41, 5.74) is 4.44. The molecule has 1 N–H and O–H groups in total. The fraction of sp³-hybridized carbons (Fsp3) is 0.375. The molecule has 6 heteroatoms. The van der Waals surface area contributed by atoms with Crippen LogP contribution in [-0.4, -0.2) is 34.6 Å². The molecule has 0 saturated heterocycles. The summed E-state index contributed by atoms with van der Waals surface area (Å²) in [6.07, 6.45) is 6.04. The topological polar surface area (TPSA) is 49.4 Å². The molecule has 200 valence electrons. The number of benzene rings is 3. The van der Waals surface area contributed by atoms with Crippen molar-refractivity contribution in [2.45, 2.75) is 69.8 Å². The Morgan fingerprint density at radius 1 is 0.895 bits per heavy atom. The zero-order valence-corrected chi connectivity index (χ0v) is 24.5. The van der Waals surface area contributed by atoms with Gasteiger partial charge in [0.1, 0.15) is 6.04 Å². The molecule has 1 fully saturated rings. The maximum atomic E-state index is 13.8. The SMILES string of the molecule is Cc1ccc(CN(C(=O)CSCc2ccc(Br)cc2)[C@@H](Cc2ccccc2)C(=O)NC2CCCCC2)cc1. The third-order valence-corrected chi connectivity index (χ3v) is 8.62. The second kappa shape index (κ2) is 14.5. The number of amides is 2. The number of carbonyl (C=O) groups excluding carboxylic acids is 2. The van der Waals surface area contributed by atoms with Gasteiger partial charge >= 0.3 is 0 Å². The minimum Gasteiger partial charge on any atom is -0.352 e. The van der Waals surface area contributed by atoms with Crippen molar-refractivity contribution in [2.24, 2.45) is 0 Å². The first-order valence-electron chi connectivity index (χ1n) is 13.5. The van der Waals surface area contributed by atoms with Crippen LogP contribution in [0.5, 0.6) is 0 Å². The van der Waals surface area contributed by atoms with Gasteiger partial charge in [-0.3, -0.25) is 9.59 Å². The van der Waals surface area contributed by atoms with Crippen LogP contribution < -0.4 is 5.32 Å². The molecule has 0 aromatic heterocycles. The summed E-state index contributed by atoms with van der Waals surface area (Å²) >= 11 is 5.07. The summed E-state index contributed by atoms with van der Waals surface area (Å²) in [6, 6.07) is 26.1. The van der Waals surface area contributed by atoms with Gasteiger partial charge in [-0.15, -0.1) is 11.8 Å². The highest BCUT2D eigenvalue weighted by molar-refractivity contribution is 9.10. The van der Waals surface area contributed by atoms with Gasteiger partial charge in [0, 0.05) is 29.2 Å². The van der Waals surface area contributed by atoms with Crippen LogP contribution in [0.3, 0.4) is 0 Å². The van der Waals surface area contributed by atoms with Crippen molar-refractivity contribution in [1.29, 1.82) is 0 Å². The van der Waals surface area contributed by atoms with Gasteiger partial charge in [-0.05, 0) is 48.6 Å². The predicted octanol–water partition coefficient (Wildman–Crippen LogP) is 7.08. The van der Waals surface area contributed by atoms with Crippen LogP contribution in [0.4, 0.5) is 0 Å². The monoisotopic (exact) mass is 592 g/mol. The zero-order chi connectivity index (χ0) is 26.7. The van der Waals surface area contributed by atoms with Gasteiger partial charge in [-0.2, -0.15) is 0 Å². The average Bonchev–Trinajstić information content (AvgIpc) is 2.94. The summed E-state index contributed by atoms with van der Waals surface area (Å²) in [6.45, 7) is 2.47. The molecule has 0 spiro atoms. The van der Waals surface area contributed by atoms with Crippen molar-refractivity contribution in [1.82, 2.24) is 10.2 Å². The molecule has 3 aromatic rings. The number of carbonyl (C=O) groups is 2. The van der Waals surface area contributed by atoms with E-state index in [9.17, 15) is 9.59 Å². The standard InChI is InChI=1S/C32H37BrN2O2S/c1-24-12-14-26(15-13-24)21-35(31(36)23-38-22-27-16-18-28(33)19-17-27)30(20-25-8-4-2-5-9-25)32(37)34-29-10-6-3-7-11-29/h2,4-5,8-9,12-19,29-30H,3,6-7,10-11,20-23H2,1H3,(H,34,37)/t30-/m0/s1. The van der Waals surface area contributed by atoms with Gasteiger partial charge in [0.2, 0.25) is 11.8 Å². The molecule has 0 bridgehead atoms. The number of nitrogens with zero attached hydrogens (tertiary/aromatic N) is 1. The lowest BCUT2D eigenvalue weighted by atomic mass is 9.94. The van der Waals surface area contributed by atoms with E-state index in [1.54, 1.807) is 11.8 Å². The number of halogens is 1. The van der Waals surface area contributed by atoms with Crippen molar-refractivity contribution in [3.63, 3.8) is 0 Å². The summed E-state index contributed by atoms with van der Waals surface area (Å²) in [4.78, 5) is 29.4. The Labute approximate surface area is 239 Å². The van der Waals surface area contributed by atoms with Crippen LogP contribution in [0.25, 0.3) is 0 Å². The molecule has 1 aliphatic rings. The third-order valence-electron chi connectivity index (χ3n) is 7.10. The molecule has 0 unspecified atom stereocenters. The Kier molecular flexibility index (Phi) is 10.9. The zero-order valence-electron chi connectivity index (χ0n) is 22.1. The molecule has 1 atom stereocenters. The Balaban J connectivity index is 1.55. The maximum Gasteiger partial charge on any atom is 0.243 e. The van der Waals surface area contributed by atoms with Crippen LogP contribution >= 0.6 is 27.7 Å². The van der Waals surface area contributed by atoms with Gasteiger partial charge in [-0.1, -0.05) is 107 Å². The lowest BCUT2D eigenvalue weighted by molar-refractivity contribution is -0.139. The van der Waals surface area contributed by atoms with E-state index >= 15 is 0 Å². The molecule has 4 nitrogen and oxygen atoms in total. The minimum atomic E-state index is -0.568. The molecular weight excluding hydrogens is 556 g/mol. The highest BCUT2D eigenvalue weighted by atomic mass is 79.9. The first kappa shape index (κ1) is 28.4. The number of thioether (sulfide) groups is 1. The first-order chi connectivity index (χ1) is 18.5. The second-order valence-corrected chi connectivity index (χ2v) is 12.1. The van der Waals surface area contributed by atoms with E-state index in [1.165, 1.54) is 17.5 Å². The maximum absolute atomic E-state index is 13.8. The molecule has 1 saturated carbocycles. The van der Waals surface area contributed by atoms with Crippen LogP contribution in [0.1, 0.15) is 54.4 Å². The Morgan fingerprint density at radius 3 is 2.24 bits per heavy atom. The quantitative estimate of drug-likeness (QED) is 0.259. The van der Waals surface area contributed by atoms with Crippen LogP contribution in [-0.2, 0) is 28.3 Å². The Bertz CT molecular complexity index is 1160. The van der Waals surface area contributed by atoms with Crippen molar-refractivity contribution in [3.05, 3.63) is 106 Å². The smallest absolute Gasteiger partial charge is 0.243 e. The molecule has 1 aliphatic carbocycles. The second-order valence-electron chi connectivity index (χ2n) is 10.2. The highest BCUT2D eigenvalue weighted by Crippen LogP contribution is 2.22. The summed E-state index contributed by atoms with van der Waals surface area (Å²) in [5.74, 6) is 1.02. The molecule has 0 heterocycles. The van der Waals surface area contributed by atoms with Crippen molar-refractivity contribution in [2.75, 3.05) is 5.75 Å². The van der Waals surface area contributed by atoms with E-state index in [2.05, 4.69) is 64.6 Å². The Morgan fingerprint density at radius 2 is 1.55 bits per heavy atom. The first-order valence-corrected chi connectivity index (χ1v) is 15.4. The predicted molar refractivity (Wildman–Crippen MR) is 161 cm³/mol. The number of nitrogens with one attached hydrogen (secondary N) is 1. The molecular formula is C32H37BrN2O2S. The van der Waals surface area contributed by atoms with Gasteiger partial charge in [0.05, 0.1) is 5.75 Å². The molecule has 4 rings (SSSR count). The lowest BCUT2D eigenvalue weighted by Crippen LogP contribution is -2.53. The van der Waals surface area contributed by atoms with E-state index < -0.39 is 6.04 Å². The lowest BCUT2D eigenvalue weighted by Gasteiger charge is -2.33. The van der Waals surface area contributed by atoms with Crippen molar-refractivity contribution in [3.8, 4) is 0 Å². The number of hydrogen-bond donors (Lipinski definition) is 1. The van der Waals surface area contributed by atoms with E-state index in [1.807, 2.05) is 47.4 Å². The van der Waals surface area contributed by atoms with Crippen molar-refractivity contribution < 1.29 is 9.59 Å². The highest BCUT2D eigenvalue weighted by Gasteiger charge is 2.31. The number of hydrogen-bond acceptors (Lipinski definition) is 3. The number of rotatable bonds is 11. The number of aryl methyl sites for hydroxylation is 1.